The van der Waals surface area contributed by atoms with Crippen molar-refractivity contribution >= 4 is 36.0 Å². The molecule has 0 aromatic heterocycles. The zero-order valence-electron chi connectivity index (χ0n) is 15.3. The molecule has 0 aliphatic carbocycles. The molecule has 2 rings (SSSR count). The monoisotopic (exact) mass is 377 g/mol. The molecule has 7 heteroatoms. The van der Waals surface area contributed by atoms with E-state index >= 15 is 0 Å². The van der Waals surface area contributed by atoms with Crippen LogP contribution in [0.15, 0.2) is 0 Å². The Morgan fingerprint density at radius 3 is 2.58 bits per heavy atom. The van der Waals surface area contributed by atoms with Crippen molar-refractivity contribution in [3.8, 4) is 0 Å². The number of nitrogens with two attached hydrogens (primary N) is 1. The average Bonchev–Trinajstić information content (AvgIpc) is 2.94. The average molecular weight is 378 g/mol. The third kappa shape index (κ3) is 5.53. The zero-order valence-corrected chi connectivity index (χ0v) is 16.9. The van der Waals surface area contributed by atoms with Crippen LogP contribution in [0, 0.1) is 11.3 Å². The number of likely N-dealkylation sites (tertiary alicyclic amines) is 1. The fourth-order valence-electron chi connectivity index (χ4n) is 3.30. The molecule has 2 heterocycles. The first kappa shape index (κ1) is 21.6. The minimum atomic E-state index is -0.290. The van der Waals surface area contributed by atoms with Gasteiger partial charge in [0.1, 0.15) is 6.04 Å². The fourth-order valence-corrected chi connectivity index (χ4v) is 4.47. The molecule has 2 aliphatic heterocycles. The molecule has 2 fully saturated rings. The minimum absolute atomic E-state index is 0. The van der Waals surface area contributed by atoms with Gasteiger partial charge in [0.15, 0.2) is 0 Å². The number of piperidine rings is 1. The highest BCUT2D eigenvalue weighted by molar-refractivity contribution is 7.99. The van der Waals surface area contributed by atoms with Crippen molar-refractivity contribution in [1.82, 2.24) is 9.80 Å². The maximum Gasteiger partial charge on any atom is 0.246 e. The van der Waals surface area contributed by atoms with Gasteiger partial charge in [-0.2, -0.15) is 0 Å². The van der Waals surface area contributed by atoms with Crippen molar-refractivity contribution in [3.63, 3.8) is 0 Å². The van der Waals surface area contributed by atoms with E-state index in [1.165, 1.54) is 0 Å². The first-order chi connectivity index (χ1) is 10.7. The summed E-state index contributed by atoms with van der Waals surface area (Å²) in [6, 6.07) is -0.177. The van der Waals surface area contributed by atoms with Crippen LogP contribution in [0.2, 0.25) is 0 Å². The second-order valence-corrected chi connectivity index (χ2v) is 9.16. The van der Waals surface area contributed by atoms with Crippen LogP contribution < -0.4 is 5.73 Å². The van der Waals surface area contributed by atoms with Gasteiger partial charge in [-0.25, -0.2) is 0 Å². The van der Waals surface area contributed by atoms with Crippen molar-refractivity contribution in [2.24, 2.45) is 17.1 Å². The van der Waals surface area contributed by atoms with Gasteiger partial charge in [0, 0.05) is 31.3 Å². The largest absolute Gasteiger partial charge is 0.341 e. The Hall–Kier alpha value is -0.460. The standard InChI is InChI=1S/C17H31N3O2S.ClH/c1-12(18)13-6-5-7-19(9-13)16(22)14-10-23-11-20(14)15(21)8-17(2,3)4;/h12-14H,5-11,18H2,1-4H3;1H. The molecule has 5 nitrogen and oxygen atoms in total. The van der Waals surface area contributed by atoms with Gasteiger partial charge in [-0.05, 0) is 31.1 Å². The van der Waals surface area contributed by atoms with Crippen LogP contribution in [0.4, 0.5) is 0 Å². The molecule has 2 saturated heterocycles. The summed E-state index contributed by atoms with van der Waals surface area (Å²) in [5.41, 5.74) is 5.97. The van der Waals surface area contributed by atoms with Crippen LogP contribution in [0.1, 0.15) is 47.0 Å². The number of carbonyl (C=O) groups excluding carboxylic acids is 2. The number of hydrogen-bond acceptors (Lipinski definition) is 4. The molecular weight excluding hydrogens is 346 g/mol. The van der Waals surface area contributed by atoms with Crippen LogP contribution in [0.5, 0.6) is 0 Å². The van der Waals surface area contributed by atoms with E-state index in [2.05, 4.69) is 20.8 Å². The first-order valence-corrected chi connectivity index (χ1v) is 9.76. The Labute approximate surface area is 156 Å². The summed E-state index contributed by atoms with van der Waals surface area (Å²) in [6.07, 6.45) is 2.58. The molecule has 0 aromatic carbocycles. The van der Waals surface area contributed by atoms with Gasteiger partial charge in [-0.3, -0.25) is 9.59 Å². The van der Waals surface area contributed by atoms with Crippen molar-refractivity contribution in [1.29, 1.82) is 0 Å². The highest BCUT2D eigenvalue weighted by atomic mass is 35.5. The maximum absolute atomic E-state index is 12.9. The maximum atomic E-state index is 12.9. The Morgan fingerprint density at radius 2 is 2.00 bits per heavy atom. The normalized spacial score (nSPS) is 26.0. The molecule has 2 amide bonds. The van der Waals surface area contributed by atoms with Crippen molar-refractivity contribution in [2.45, 2.75) is 59.0 Å². The summed E-state index contributed by atoms with van der Waals surface area (Å²) in [5, 5.41) is 0. The van der Waals surface area contributed by atoms with E-state index in [1.54, 1.807) is 16.7 Å². The van der Waals surface area contributed by atoms with Gasteiger partial charge < -0.3 is 15.5 Å². The van der Waals surface area contributed by atoms with Gasteiger partial charge in [-0.15, -0.1) is 24.2 Å². The van der Waals surface area contributed by atoms with E-state index in [0.29, 0.717) is 24.0 Å². The minimum Gasteiger partial charge on any atom is -0.341 e. The Balaban J connectivity index is 0.00000288. The molecule has 0 aromatic rings. The Kier molecular flexibility index (Phi) is 7.88. The zero-order chi connectivity index (χ0) is 17.2. The van der Waals surface area contributed by atoms with Crippen LogP contribution in [-0.4, -0.2) is 58.4 Å². The van der Waals surface area contributed by atoms with E-state index in [1.807, 2.05) is 11.8 Å². The van der Waals surface area contributed by atoms with E-state index in [9.17, 15) is 9.59 Å². The second-order valence-electron chi connectivity index (χ2n) is 8.16. The number of amides is 2. The molecule has 3 atom stereocenters. The van der Waals surface area contributed by atoms with E-state index < -0.39 is 0 Å². The number of halogens is 1. The first-order valence-electron chi connectivity index (χ1n) is 8.60. The molecule has 0 bridgehead atoms. The summed E-state index contributed by atoms with van der Waals surface area (Å²) in [4.78, 5) is 29.2. The van der Waals surface area contributed by atoms with Crippen LogP contribution >= 0.6 is 24.2 Å². The number of thioether (sulfide) groups is 1. The number of nitrogens with zero attached hydrogens (tertiary/aromatic N) is 2. The molecule has 0 spiro atoms. The summed E-state index contributed by atoms with van der Waals surface area (Å²) in [6.45, 7) is 9.72. The van der Waals surface area contributed by atoms with Gasteiger partial charge in [0.2, 0.25) is 11.8 Å². The number of carbonyl (C=O) groups is 2. The van der Waals surface area contributed by atoms with Crippen LogP contribution in [0.25, 0.3) is 0 Å². The molecule has 2 aliphatic rings. The molecule has 3 unspecified atom stereocenters. The summed E-state index contributed by atoms with van der Waals surface area (Å²) in [7, 11) is 0. The molecule has 140 valence electrons. The van der Waals surface area contributed by atoms with E-state index in [4.69, 9.17) is 5.73 Å². The quantitative estimate of drug-likeness (QED) is 0.819. The summed E-state index contributed by atoms with van der Waals surface area (Å²) >= 11 is 1.68. The van der Waals surface area contributed by atoms with Gasteiger partial charge >= 0.3 is 0 Å². The highest BCUT2D eigenvalue weighted by Crippen LogP contribution is 2.28. The van der Waals surface area contributed by atoms with Gasteiger partial charge in [0.05, 0.1) is 5.88 Å². The third-order valence-electron chi connectivity index (χ3n) is 4.68. The molecule has 24 heavy (non-hydrogen) atoms. The topological polar surface area (TPSA) is 66.6 Å². The Morgan fingerprint density at radius 1 is 1.33 bits per heavy atom. The van der Waals surface area contributed by atoms with Crippen molar-refractivity contribution in [2.75, 3.05) is 24.7 Å². The number of hydrogen-bond donors (Lipinski definition) is 1. The predicted octanol–water partition coefficient (Wildman–Crippen LogP) is 2.33. The Bertz CT molecular complexity index is 454. The van der Waals surface area contributed by atoms with Crippen molar-refractivity contribution < 1.29 is 9.59 Å². The lowest BCUT2D eigenvalue weighted by Crippen LogP contribution is -2.53. The molecule has 0 radical (unpaired) electrons. The van der Waals surface area contributed by atoms with Crippen LogP contribution in [0.3, 0.4) is 0 Å². The fraction of sp³-hybridized carbons (Fsp3) is 0.882. The van der Waals surface area contributed by atoms with Crippen molar-refractivity contribution in [3.05, 3.63) is 0 Å². The molecule has 2 N–H and O–H groups in total. The second kappa shape index (κ2) is 8.77. The third-order valence-corrected chi connectivity index (χ3v) is 5.69. The SMILES string of the molecule is CC(N)C1CCCN(C(=O)C2CSCN2C(=O)CC(C)(C)C)C1.Cl. The van der Waals surface area contributed by atoms with Gasteiger partial charge in [0.25, 0.3) is 0 Å². The molecule has 0 saturated carbocycles. The highest BCUT2D eigenvalue weighted by Gasteiger charge is 2.39. The van der Waals surface area contributed by atoms with Crippen LogP contribution in [-0.2, 0) is 9.59 Å². The predicted molar refractivity (Wildman–Crippen MR) is 102 cm³/mol. The van der Waals surface area contributed by atoms with Gasteiger partial charge in [-0.1, -0.05) is 20.8 Å². The van der Waals surface area contributed by atoms with E-state index in [-0.39, 0.29) is 41.7 Å². The lowest BCUT2D eigenvalue weighted by Gasteiger charge is -2.37. The lowest BCUT2D eigenvalue weighted by molar-refractivity contribution is -0.145. The smallest absolute Gasteiger partial charge is 0.246 e. The van der Waals surface area contributed by atoms with E-state index in [0.717, 1.165) is 25.9 Å². The number of rotatable bonds is 3. The summed E-state index contributed by atoms with van der Waals surface area (Å²) < 4.78 is 0. The lowest BCUT2D eigenvalue weighted by atomic mass is 9.91. The molecular formula is C17H32ClN3O2S. The summed E-state index contributed by atoms with van der Waals surface area (Å²) in [5.74, 6) is 1.94.